The fraction of sp³-hybridized carbons (Fsp3) is 0.316. The lowest BCUT2D eigenvalue weighted by Crippen LogP contribution is -2.10. The van der Waals surface area contributed by atoms with Crippen LogP contribution in [0.15, 0.2) is 34.7 Å². The predicted molar refractivity (Wildman–Crippen MR) is 90.7 cm³/mol. The summed E-state index contributed by atoms with van der Waals surface area (Å²) in [5.74, 6) is -0.535. The van der Waals surface area contributed by atoms with Crippen LogP contribution >= 0.6 is 0 Å². The Morgan fingerprint density at radius 3 is 1.96 bits per heavy atom. The molecule has 6 nitrogen and oxygen atoms in total. The molecule has 25 heavy (non-hydrogen) atoms. The third-order valence-corrected chi connectivity index (χ3v) is 3.31. The topological polar surface area (TPSA) is 82.8 Å². The standard InChI is InChI=1S/C19H20O6/c1-3-7-23-18(21)14-9-13(17-6-5-16(12-20)25-17)10-15(11-14)19(22)24-8-4-2/h5-6,9-12H,3-4,7-8H2,1-2H3. The van der Waals surface area contributed by atoms with Gasteiger partial charge in [0.1, 0.15) is 5.76 Å². The first kappa shape index (κ1) is 18.4. The molecule has 0 fully saturated rings. The highest BCUT2D eigenvalue weighted by Gasteiger charge is 2.17. The summed E-state index contributed by atoms with van der Waals surface area (Å²) in [6, 6.07) is 7.66. The average molecular weight is 344 g/mol. The van der Waals surface area contributed by atoms with Crippen LogP contribution in [0.5, 0.6) is 0 Å². The van der Waals surface area contributed by atoms with Crippen molar-refractivity contribution in [3.05, 3.63) is 47.2 Å². The number of benzene rings is 1. The van der Waals surface area contributed by atoms with Crippen LogP contribution in [0.25, 0.3) is 11.3 Å². The van der Waals surface area contributed by atoms with E-state index in [0.29, 0.717) is 30.5 Å². The molecule has 1 aromatic heterocycles. The molecule has 2 aromatic rings. The van der Waals surface area contributed by atoms with E-state index in [2.05, 4.69) is 0 Å². The van der Waals surface area contributed by atoms with Crippen molar-refractivity contribution in [2.45, 2.75) is 26.7 Å². The van der Waals surface area contributed by atoms with E-state index in [1.54, 1.807) is 18.2 Å². The van der Waals surface area contributed by atoms with Gasteiger partial charge in [0, 0.05) is 5.56 Å². The zero-order valence-electron chi connectivity index (χ0n) is 14.2. The van der Waals surface area contributed by atoms with Gasteiger partial charge in [0.15, 0.2) is 12.0 Å². The van der Waals surface area contributed by atoms with Gasteiger partial charge in [0.25, 0.3) is 0 Å². The van der Waals surface area contributed by atoms with Crippen LogP contribution in [-0.2, 0) is 9.47 Å². The van der Waals surface area contributed by atoms with Crippen molar-refractivity contribution >= 4 is 18.2 Å². The van der Waals surface area contributed by atoms with Gasteiger partial charge in [-0.25, -0.2) is 9.59 Å². The van der Waals surface area contributed by atoms with E-state index in [-0.39, 0.29) is 30.1 Å². The summed E-state index contributed by atoms with van der Waals surface area (Å²) >= 11 is 0. The molecule has 0 aliphatic rings. The number of hydrogen-bond acceptors (Lipinski definition) is 6. The number of rotatable bonds is 8. The van der Waals surface area contributed by atoms with Gasteiger partial charge in [-0.1, -0.05) is 13.8 Å². The summed E-state index contributed by atoms with van der Waals surface area (Å²) in [7, 11) is 0. The van der Waals surface area contributed by atoms with Crippen LogP contribution in [-0.4, -0.2) is 31.4 Å². The number of carbonyl (C=O) groups excluding carboxylic acids is 3. The van der Waals surface area contributed by atoms with Crippen molar-refractivity contribution in [1.82, 2.24) is 0 Å². The van der Waals surface area contributed by atoms with Crippen LogP contribution in [0.1, 0.15) is 58.0 Å². The van der Waals surface area contributed by atoms with Gasteiger partial charge in [-0.2, -0.15) is 0 Å². The minimum absolute atomic E-state index is 0.157. The van der Waals surface area contributed by atoms with Gasteiger partial charge in [-0.05, 0) is 43.2 Å². The average Bonchev–Trinajstić information content (AvgIpc) is 3.13. The molecule has 132 valence electrons. The van der Waals surface area contributed by atoms with Crippen LogP contribution < -0.4 is 0 Å². The quantitative estimate of drug-likeness (QED) is 0.533. The smallest absolute Gasteiger partial charge is 0.338 e. The largest absolute Gasteiger partial charge is 0.462 e. The van der Waals surface area contributed by atoms with Gasteiger partial charge < -0.3 is 13.9 Å². The molecule has 0 N–H and O–H groups in total. The Labute approximate surface area is 145 Å². The van der Waals surface area contributed by atoms with Crippen molar-refractivity contribution in [3.63, 3.8) is 0 Å². The maximum absolute atomic E-state index is 12.2. The molecule has 0 spiro atoms. The van der Waals surface area contributed by atoms with Gasteiger partial charge in [0.05, 0.1) is 24.3 Å². The minimum atomic E-state index is -0.532. The Kier molecular flexibility index (Phi) is 6.51. The first-order valence-electron chi connectivity index (χ1n) is 8.13. The molecule has 0 saturated heterocycles. The number of hydrogen-bond donors (Lipinski definition) is 0. The van der Waals surface area contributed by atoms with Crippen LogP contribution in [0.4, 0.5) is 0 Å². The van der Waals surface area contributed by atoms with E-state index in [4.69, 9.17) is 13.9 Å². The zero-order chi connectivity index (χ0) is 18.2. The van der Waals surface area contributed by atoms with Crippen LogP contribution in [0.2, 0.25) is 0 Å². The molecule has 6 heteroatoms. The maximum Gasteiger partial charge on any atom is 0.338 e. The summed E-state index contributed by atoms with van der Waals surface area (Å²) in [6.45, 7) is 4.35. The number of carbonyl (C=O) groups is 3. The van der Waals surface area contributed by atoms with Gasteiger partial charge in [-0.15, -0.1) is 0 Å². The molecule has 2 rings (SSSR count). The highest BCUT2D eigenvalue weighted by Crippen LogP contribution is 2.25. The third kappa shape index (κ3) is 4.79. The van der Waals surface area contributed by atoms with Crippen LogP contribution in [0, 0.1) is 0 Å². The first-order valence-corrected chi connectivity index (χ1v) is 8.13. The highest BCUT2D eigenvalue weighted by molar-refractivity contribution is 5.97. The maximum atomic E-state index is 12.2. The SMILES string of the molecule is CCCOC(=O)c1cc(C(=O)OCCC)cc(-c2ccc(C=O)o2)c1. The number of esters is 2. The van der Waals surface area contributed by atoms with E-state index in [0.717, 1.165) is 0 Å². The van der Waals surface area contributed by atoms with Crippen molar-refractivity contribution in [2.24, 2.45) is 0 Å². The summed E-state index contributed by atoms with van der Waals surface area (Å²) in [4.78, 5) is 35.1. The molecule has 1 heterocycles. The number of aldehydes is 1. The Morgan fingerprint density at radius 2 is 1.52 bits per heavy atom. The molecule has 0 unspecified atom stereocenters. The fourth-order valence-electron chi connectivity index (χ4n) is 2.13. The Hall–Kier alpha value is -2.89. The van der Waals surface area contributed by atoms with Crippen molar-refractivity contribution in [2.75, 3.05) is 13.2 Å². The summed E-state index contributed by atoms with van der Waals surface area (Å²) < 4.78 is 15.6. The van der Waals surface area contributed by atoms with Crippen molar-refractivity contribution in [1.29, 1.82) is 0 Å². The lowest BCUT2D eigenvalue weighted by atomic mass is 10.0. The molecule has 1 aromatic carbocycles. The van der Waals surface area contributed by atoms with E-state index in [1.807, 2.05) is 13.8 Å². The molecule has 0 amide bonds. The summed E-state index contributed by atoms with van der Waals surface area (Å²) in [5, 5.41) is 0. The number of furan rings is 1. The zero-order valence-corrected chi connectivity index (χ0v) is 14.2. The highest BCUT2D eigenvalue weighted by atomic mass is 16.5. The molecule has 0 atom stereocenters. The van der Waals surface area contributed by atoms with E-state index in [9.17, 15) is 14.4 Å². The molecule has 0 saturated carbocycles. The fourth-order valence-corrected chi connectivity index (χ4v) is 2.13. The molecule has 0 aliphatic carbocycles. The Bertz CT molecular complexity index is 721. The second kappa shape index (κ2) is 8.82. The lowest BCUT2D eigenvalue weighted by molar-refractivity contribution is 0.0503. The molecule has 0 radical (unpaired) electrons. The van der Waals surface area contributed by atoms with Crippen molar-refractivity contribution in [3.8, 4) is 11.3 Å². The summed E-state index contributed by atoms with van der Waals surface area (Å²) in [6.07, 6.45) is 1.97. The Balaban J connectivity index is 2.41. The molecular weight excluding hydrogens is 324 g/mol. The first-order chi connectivity index (χ1) is 12.1. The second-order valence-electron chi connectivity index (χ2n) is 5.39. The van der Waals surface area contributed by atoms with E-state index < -0.39 is 11.9 Å². The second-order valence-corrected chi connectivity index (χ2v) is 5.39. The summed E-state index contributed by atoms with van der Waals surface area (Å²) in [5.41, 5.74) is 0.930. The third-order valence-electron chi connectivity index (χ3n) is 3.31. The lowest BCUT2D eigenvalue weighted by Gasteiger charge is -2.09. The Morgan fingerprint density at radius 1 is 0.960 bits per heavy atom. The van der Waals surface area contributed by atoms with Gasteiger partial charge >= 0.3 is 11.9 Å². The predicted octanol–water partition coefficient (Wildman–Crippen LogP) is 3.89. The van der Waals surface area contributed by atoms with Gasteiger partial charge in [0.2, 0.25) is 0 Å². The van der Waals surface area contributed by atoms with Crippen LogP contribution in [0.3, 0.4) is 0 Å². The normalized spacial score (nSPS) is 10.3. The molecule has 0 bridgehead atoms. The number of ether oxygens (including phenoxy) is 2. The molecular formula is C19H20O6. The minimum Gasteiger partial charge on any atom is -0.462 e. The monoisotopic (exact) mass is 344 g/mol. The van der Waals surface area contributed by atoms with E-state index >= 15 is 0 Å². The van der Waals surface area contributed by atoms with E-state index in [1.165, 1.54) is 12.1 Å². The van der Waals surface area contributed by atoms with Gasteiger partial charge in [-0.3, -0.25) is 4.79 Å². The van der Waals surface area contributed by atoms with Crippen molar-refractivity contribution < 1.29 is 28.3 Å². The molecule has 0 aliphatic heterocycles.